The van der Waals surface area contributed by atoms with Crippen molar-refractivity contribution in [2.24, 2.45) is 12.0 Å². The van der Waals surface area contributed by atoms with Gasteiger partial charge in [0.1, 0.15) is 12.4 Å². The Labute approximate surface area is 221 Å². The minimum absolute atomic E-state index is 0. The second-order valence-electron chi connectivity index (χ2n) is 8.62. The van der Waals surface area contributed by atoms with Gasteiger partial charge in [0.15, 0.2) is 11.8 Å². The molecule has 3 aromatic rings. The highest BCUT2D eigenvalue weighted by molar-refractivity contribution is 14.0. The van der Waals surface area contributed by atoms with Crippen LogP contribution in [0, 0.1) is 13.8 Å². The van der Waals surface area contributed by atoms with Gasteiger partial charge in [-0.15, -0.1) is 34.2 Å². The first-order chi connectivity index (χ1) is 15.9. The van der Waals surface area contributed by atoms with Crippen molar-refractivity contribution in [1.82, 2.24) is 25.4 Å². The van der Waals surface area contributed by atoms with Crippen LogP contribution in [0.25, 0.3) is 0 Å². The van der Waals surface area contributed by atoms with E-state index in [0.29, 0.717) is 12.5 Å². The number of aryl methyl sites for hydroxylation is 2. The maximum atomic E-state index is 4.78. The van der Waals surface area contributed by atoms with Crippen LogP contribution in [0.15, 0.2) is 59.6 Å². The molecule has 1 heterocycles. The fourth-order valence-electron chi connectivity index (χ4n) is 3.51. The summed E-state index contributed by atoms with van der Waals surface area (Å²) in [5.41, 5.74) is 3.83. The lowest BCUT2D eigenvalue weighted by atomic mass is 10.0. The number of anilines is 1. The van der Waals surface area contributed by atoms with Gasteiger partial charge in [0.2, 0.25) is 0 Å². The predicted octanol–water partition coefficient (Wildman–Crippen LogP) is 4.42. The van der Waals surface area contributed by atoms with Crippen LogP contribution in [0.2, 0.25) is 0 Å². The Morgan fingerprint density at radius 2 is 1.74 bits per heavy atom. The van der Waals surface area contributed by atoms with Crippen LogP contribution in [0.5, 0.6) is 0 Å². The highest BCUT2D eigenvalue weighted by Crippen LogP contribution is 2.15. The van der Waals surface area contributed by atoms with Gasteiger partial charge in [-0.3, -0.25) is 0 Å². The zero-order valence-corrected chi connectivity index (χ0v) is 23.3. The van der Waals surface area contributed by atoms with E-state index < -0.39 is 0 Å². The Bertz CT molecular complexity index is 1020. The molecule has 3 rings (SSSR count). The minimum Gasteiger partial charge on any atom is -0.375 e. The summed E-state index contributed by atoms with van der Waals surface area (Å²) in [5, 5.41) is 15.4. The maximum Gasteiger partial charge on any atom is 0.191 e. The number of halogens is 1. The number of nitrogens with zero attached hydrogens (tertiary/aromatic N) is 5. The number of aromatic nitrogens is 3. The van der Waals surface area contributed by atoms with E-state index in [1.54, 1.807) is 0 Å². The molecule has 0 aliphatic rings. The first-order valence-corrected chi connectivity index (χ1v) is 11.6. The van der Waals surface area contributed by atoms with E-state index in [4.69, 9.17) is 4.99 Å². The molecular weight excluding hydrogens is 537 g/mol. The van der Waals surface area contributed by atoms with Gasteiger partial charge in [-0.1, -0.05) is 55.0 Å². The van der Waals surface area contributed by atoms with Crippen molar-refractivity contribution in [3.05, 3.63) is 77.4 Å². The summed E-state index contributed by atoms with van der Waals surface area (Å²) in [6.07, 6.45) is 1.00. The third-order valence-electron chi connectivity index (χ3n) is 5.94. The van der Waals surface area contributed by atoms with Crippen LogP contribution < -0.4 is 15.5 Å². The largest absolute Gasteiger partial charge is 0.375 e. The molecule has 1 atom stereocenters. The molecule has 0 aliphatic carbocycles. The summed E-state index contributed by atoms with van der Waals surface area (Å²) in [7, 11) is 4.10. The molecule has 2 aromatic carbocycles. The summed E-state index contributed by atoms with van der Waals surface area (Å²) in [6, 6.07) is 19.2. The van der Waals surface area contributed by atoms with Crippen molar-refractivity contribution in [3.63, 3.8) is 0 Å². The molecule has 1 unspecified atom stereocenters. The number of rotatable bonds is 10. The van der Waals surface area contributed by atoms with Gasteiger partial charge >= 0.3 is 0 Å². The van der Waals surface area contributed by atoms with Crippen LogP contribution in [-0.4, -0.2) is 47.4 Å². The van der Waals surface area contributed by atoms with Crippen molar-refractivity contribution >= 4 is 35.6 Å². The molecule has 2 N–H and O–H groups in total. The average molecular weight is 576 g/mol. The second kappa shape index (κ2) is 13.9. The number of nitrogens with one attached hydrogen (secondary N) is 2. The molecule has 0 radical (unpaired) electrons. The molecule has 184 valence electrons. The molecule has 0 amide bonds. The monoisotopic (exact) mass is 575 g/mol. The topological polar surface area (TPSA) is 70.4 Å². The van der Waals surface area contributed by atoms with Crippen LogP contribution in [0.3, 0.4) is 0 Å². The Hall–Kier alpha value is -2.62. The van der Waals surface area contributed by atoms with E-state index in [0.717, 1.165) is 43.7 Å². The first-order valence-electron chi connectivity index (χ1n) is 11.6. The highest BCUT2D eigenvalue weighted by atomic mass is 127. The Morgan fingerprint density at radius 3 is 2.38 bits per heavy atom. The molecule has 7 nitrogen and oxygen atoms in total. The van der Waals surface area contributed by atoms with Gasteiger partial charge in [0.25, 0.3) is 0 Å². The summed E-state index contributed by atoms with van der Waals surface area (Å²) in [6.45, 7) is 9.38. The second-order valence-corrected chi connectivity index (χ2v) is 8.62. The highest BCUT2D eigenvalue weighted by Gasteiger charge is 2.09. The Balaban J connectivity index is 0.00000408. The summed E-state index contributed by atoms with van der Waals surface area (Å²) < 4.78 is 1.98. The molecule has 0 bridgehead atoms. The summed E-state index contributed by atoms with van der Waals surface area (Å²) in [4.78, 5) is 7.05. The normalized spacial score (nSPS) is 12.1. The molecule has 34 heavy (non-hydrogen) atoms. The minimum atomic E-state index is 0. The number of benzene rings is 2. The number of hydrogen-bond donors (Lipinski definition) is 2. The quantitative estimate of drug-likeness (QED) is 0.162. The molecular formula is C26H38IN7. The lowest BCUT2D eigenvalue weighted by Crippen LogP contribution is -2.40. The van der Waals surface area contributed by atoms with Gasteiger partial charge in [0.05, 0.1) is 0 Å². The van der Waals surface area contributed by atoms with Gasteiger partial charge in [0, 0.05) is 39.4 Å². The third-order valence-corrected chi connectivity index (χ3v) is 5.94. The van der Waals surface area contributed by atoms with Crippen molar-refractivity contribution in [3.8, 4) is 0 Å². The van der Waals surface area contributed by atoms with Crippen LogP contribution in [0.4, 0.5) is 5.69 Å². The fraction of sp³-hybridized carbons (Fsp3) is 0.423. The SMILES string of the molecule is Cc1ccc(C(C)CNC(=NCc2nnc(C)n2C)NCCCN(C)c2ccccc2)cc1.I. The van der Waals surface area contributed by atoms with Crippen molar-refractivity contribution in [2.45, 2.75) is 39.7 Å². The van der Waals surface area contributed by atoms with Gasteiger partial charge in [-0.05, 0) is 43.9 Å². The van der Waals surface area contributed by atoms with Gasteiger partial charge < -0.3 is 20.1 Å². The van der Waals surface area contributed by atoms with E-state index in [1.807, 2.05) is 24.6 Å². The molecule has 0 saturated carbocycles. The van der Waals surface area contributed by atoms with E-state index >= 15 is 0 Å². The van der Waals surface area contributed by atoms with Crippen molar-refractivity contribution < 1.29 is 0 Å². The molecule has 0 saturated heterocycles. The molecule has 0 aliphatic heterocycles. The summed E-state index contributed by atoms with van der Waals surface area (Å²) in [5.74, 6) is 2.92. The fourth-order valence-corrected chi connectivity index (χ4v) is 3.51. The maximum absolute atomic E-state index is 4.78. The van der Waals surface area contributed by atoms with Crippen LogP contribution >= 0.6 is 24.0 Å². The average Bonchev–Trinajstić information content (AvgIpc) is 3.15. The number of para-hydroxylation sites is 1. The van der Waals surface area contributed by atoms with Crippen LogP contribution in [0.1, 0.15) is 42.0 Å². The van der Waals surface area contributed by atoms with Crippen LogP contribution in [-0.2, 0) is 13.6 Å². The first kappa shape index (κ1) is 27.6. The number of hydrogen-bond acceptors (Lipinski definition) is 4. The van der Waals surface area contributed by atoms with E-state index in [9.17, 15) is 0 Å². The Morgan fingerprint density at radius 1 is 1.03 bits per heavy atom. The zero-order valence-electron chi connectivity index (χ0n) is 21.0. The zero-order chi connectivity index (χ0) is 23.6. The van der Waals surface area contributed by atoms with E-state index in [2.05, 4.69) is 95.2 Å². The smallest absolute Gasteiger partial charge is 0.191 e. The predicted molar refractivity (Wildman–Crippen MR) is 152 cm³/mol. The van der Waals surface area contributed by atoms with Crippen molar-refractivity contribution in [1.29, 1.82) is 0 Å². The molecule has 8 heteroatoms. The van der Waals surface area contributed by atoms with E-state index in [-0.39, 0.29) is 24.0 Å². The van der Waals surface area contributed by atoms with Gasteiger partial charge in [-0.2, -0.15) is 0 Å². The lowest BCUT2D eigenvalue weighted by Gasteiger charge is -2.20. The van der Waals surface area contributed by atoms with Crippen molar-refractivity contribution in [2.75, 3.05) is 31.6 Å². The molecule has 0 spiro atoms. The van der Waals surface area contributed by atoms with E-state index in [1.165, 1.54) is 16.8 Å². The molecule has 0 fully saturated rings. The number of guanidine groups is 1. The Kier molecular flexibility index (Phi) is 11.3. The third kappa shape index (κ3) is 8.30. The lowest BCUT2D eigenvalue weighted by molar-refractivity contribution is 0.679. The molecule has 1 aromatic heterocycles. The summed E-state index contributed by atoms with van der Waals surface area (Å²) >= 11 is 0. The number of aliphatic imine (C=N–C) groups is 1. The standard InChI is InChI=1S/C26H37N7.HI/c1-20-12-14-23(15-13-20)21(2)18-28-26(29-19-25-31-30-22(3)33(25)5)27-16-9-17-32(4)24-10-7-6-8-11-24;/h6-8,10-15,21H,9,16-19H2,1-5H3,(H2,27,28,29);1H. The van der Waals surface area contributed by atoms with Gasteiger partial charge in [-0.25, -0.2) is 4.99 Å².